The van der Waals surface area contributed by atoms with Gasteiger partial charge in [0.05, 0.1) is 0 Å². The molecule has 1 aliphatic rings. The quantitative estimate of drug-likeness (QED) is 0.771. The number of anilines is 1. The fourth-order valence-electron chi connectivity index (χ4n) is 2.42. The first-order valence-electron chi connectivity index (χ1n) is 5.32. The average Bonchev–Trinajstić information content (AvgIpc) is 2.57. The Kier molecular flexibility index (Phi) is 2.46. The molecule has 1 heterocycles. The lowest BCUT2D eigenvalue weighted by Gasteiger charge is -2.16. The molecule has 1 unspecified atom stereocenters. The van der Waals surface area contributed by atoms with Crippen LogP contribution in [-0.4, -0.2) is 19.6 Å². The molecule has 76 valence electrons. The van der Waals surface area contributed by atoms with Crippen LogP contribution in [-0.2, 0) is 0 Å². The zero-order chi connectivity index (χ0) is 10.1. The second kappa shape index (κ2) is 3.62. The first-order chi connectivity index (χ1) is 6.77. The molecule has 0 aliphatic carbocycles. The smallest absolute Gasteiger partial charge is 0.0405 e. The predicted molar refractivity (Wildman–Crippen MR) is 60.9 cm³/mol. The highest BCUT2D eigenvalue weighted by atomic mass is 15.1. The van der Waals surface area contributed by atoms with Crippen LogP contribution in [0.15, 0.2) is 18.2 Å². The summed E-state index contributed by atoms with van der Waals surface area (Å²) in [5.74, 6) is 0.533. The molecule has 1 atom stereocenters. The van der Waals surface area contributed by atoms with Crippen LogP contribution in [0, 0.1) is 6.92 Å². The number of likely N-dealkylation sites (N-methyl/N-ethyl adjacent to an activating group) is 1. The Bertz CT molecular complexity index is 333. The summed E-state index contributed by atoms with van der Waals surface area (Å²) in [5.41, 5.74) is 10.1. The first-order valence-corrected chi connectivity index (χ1v) is 5.32. The van der Waals surface area contributed by atoms with Crippen molar-refractivity contribution in [1.29, 1.82) is 0 Å². The molecule has 0 saturated carbocycles. The van der Waals surface area contributed by atoms with E-state index in [9.17, 15) is 0 Å². The van der Waals surface area contributed by atoms with Gasteiger partial charge in [-0.15, -0.1) is 0 Å². The van der Waals surface area contributed by atoms with Crippen LogP contribution in [0.1, 0.15) is 24.0 Å². The van der Waals surface area contributed by atoms with Crippen LogP contribution in [0.25, 0.3) is 0 Å². The predicted octanol–water partition coefficient (Wildman–Crippen LogP) is 1.88. The van der Waals surface area contributed by atoms with Gasteiger partial charge < -0.3 is 10.6 Å². The van der Waals surface area contributed by atoms with Crippen molar-refractivity contribution >= 4 is 5.69 Å². The lowest BCUT2D eigenvalue weighted by Crippen LogP contribution is -2.23. The second-order valence-corrected chi connectivity index (χ2v) is 3.98. The number of rotatable bonds is 2. The summed E-state index contributed by atoms with van der Waals surface area (Å²) < 4.78 is 0. The minimum Gasteiger partial charge on any atom is -0.371 e. The van der Waals surface area contributed by atoms with Crippen molar-refractivity contribution in [2.24, 2.45) is 5.73 Å². The zero-order valence-electron chi connectivity index (χ0n) is 8.96. The molecular weight excluding hydrogens is 172 g/mol. The van der Waals surface area contributed by atoms with E-state index in [-0.39, 0.29) is 0 Å². The summed E-state index contributed by atoms with van der Waals surface area (Å²) >= 11 is 0. The highest BCUT2D eigenvalue weighted by Crippen LogP contribution is 2.37. The third-order valence-electron chi connectivity index (χ3n) is 3.16. The summed E-state index contributed by atoms with van der Waals surface area (Å²) in [6.07, 6.45) is 0. The molecule has 0 aromatic heterocycles. The molecule has 1 aromatic carbocycles. The summed E-state index contributed by atoms with van der Waals surface area (Å²) in [7, 11) is 0. The first kappa shape index (κ1) is 9.53. The molecule has 0 radical (unpaired) electrons. The Morgan fingerprint density at radius 3 is 2.93 bits per heavy atom. The second-order valence-electron chi connectivity index (χ2n) is 3.98. The molecule has 2 nitrogen and oxygen atoms in total. The largest absolute Gasteiger partial charge is 0.371 e. The van der Waals surface area contributed by atoms with E-state index >= 15 is 0 Å². The number of fused-ring (bicyclic) bond motifs is 1. The Labute approximate surface area is 85.7 Å². The van der Waals surface area contributed by atoms with Crippen molar-refractivity contribution in [2.45, 2.75) is 19.8 Å². The minimum atomic E-state index is 0.533. The van der Waals surface area contributed by atoms with E-state index in [1.165, 1.54) is 16.8 Å². The van der Waals surface area contributed by atoms with Gasteiger partial charge in [0.25, 0.3) is 0 Å². The Morgan fingerprint density at radius 1 is 1.50 bits per heavy atom. The lowest BCUT2D eigenvalue weighted by atomic mass is 9.97. The summed E-state index contributed by atoms with van der Waals surface area (Å²) in [5, 5.41) is 0. The maximum absolute atomic E-state index is 5.81. The van der Waals surface area contributed by atoms with Crippen LogP contribution in [0.2, 0.25) is 0 Å². The molecular formula is C12H18N2. The highest BCUT2D eigenvalue weighted by Gasteiger charge is 2.27. The molecule has 2 rings (SSSR count). The van der Waals surface area contributed by atoms with E-state index in [1.807, 2.05) is 0 Å². The average molecular weight is 190 g/mol. The lowest BCUT2D eigenvalue weighted by molar-refractivity contribution is 0.707. The SMILES string of the molecule is CCN1CC(CN)c2c(C)cccc21. The molecule has 1 aliphatic heterocycles. The fourth-order valence-corrected chi connectivity index (χ4v) is 2.42. The molecule has 0 amide bonds. The van der Waals surface area contributed by atoms with Gasteiger partial charge >= 0.3 is 0 Å². The molecule has 2 heteroatoms. The molecule has 0 spiro atoms. The topological polar surface area (TPSA) is 29.3 Å². The van der Waals surface area contributed by atoms with Crippen LogP contribution in [0.3, 0.4) is 0 Å². The van der Waals surface area contributed by atoms with Crippen molar-refractivity contribution in [2.75, 3.05) is 24.5 Å². The molecule has 1 aromatic rings. The van der Waals surface area contributed by atoms with E-state index < -0.39 is 0 Å². The third kappa shape index (κ3) is 1.30. The van der Waals surface area contributed by atoms with Crippen molar-refractivity contribution < 1.29 is 0 Å². The van der Waals surface area contributed by atoms with Gasteiger partial charge in [-0.3, -0.25) is 0 Å². The monoisotopic (exact) mass is 190 g/mol. The Hall–Kier alpha value is -1.02. The van der Waals surface area contributed by atoms with Crippen molar-refractivity contribution in [1.82, 2.24) is 0 Å². The molecule has 0 fully saturated rings. The number of benzene rings is 1. The normalized spacial score (nSPS) is 19.9. The van der Waals surface area contributed by atoms with Crippen LogP contribution in [0.4, 0.5) is 5.69 Å². The maximum Gasteiger partial charge on any atom is 0.0405 e. The van der Waals surface area contributed by atoms with E-state index in [4.69, 9.17) is 5.73 Å². The van der Waals surface area contributed by atoms with Crippen molar-refractivity contribution in [3.63, 3.8) is 0 Å². The third-order valence-corrected chi connectivity index (χ3v) is 3.16. The fraction of sp³-hybridized carbons (Fsp3) is 0.500. The number of aryl methyl sites for hydroxylation is 1. The van der Waals surface area contributed by atoms with Gasteiger partial charge in [0.2, 0.25) is 0 Å². The number of hydrogen-bond donors (Lipinski definition) is 1. The van der Waals surface area contributed by atoms with Gasteiger partial charge in [0.1, 0.15) is 0 Å². The van der Waals surface area contributed by atoms with Gasteiger partial charge in [-0.2, -0.15) is 0 Å². The van der Waals surface area contributed by atoms with Crippen LogP contribution in [0.5, 0.6) is 0 Å². The summed E-state index contributed by atoms with van der Waals surface area (Å²) in [6, 6.07) is 6.53. The van der Waals surface area contributed by atoms with Crippen molar-refractivity contribution in [3.8, 4) is 0 Å². The molecule has 0 saturated heterocycles. The molecule has 0 bridgehead atoms. The van der Waals surface area contributed by atoms with Gasteiger partial charge in [0, 0.05) is 31.2 Å². The maximum atomic E-state index is 5.81. The van der Waals surface area contributed by atoms with E-state index in [0.29, 0.717) is 5.92 Å². The van der Waals surface area contributed by atoms with Gasteiger partial charge in [-0.25, -0.2) is 0 Å². The standard InChI is InChI=1S/C12H18N2/c1-3-14-8-10(7-13)12-9(2)5-4-6-11(12)14/h4-6,10H,3,7-8,13H2,1-2H3. The summed E-state index contributed by atoms with van der Waals surface area (Å²) in [4.78, 5) is 2.42. The van der Waals surface area contributed by atoms with Crippen LogP contribution >= 0.6 is 0 Å². The van der Waals surface area contributed by atoms with Gasteiger partial charge in [-0.05, 0) is 31.0 Å². The van der Waals surface area contributed by atoms with E-state index in [2.05, 4.69) is 36.9 Å². The summed E-state index contributed by atoms with van der Waals surface area (Å²) in [6.45, 7) is 7.31. The van der Waals surface area contributed by atoms with Gasteiger partial charge in [-0.1, -0.05) is 12.1 Å². The Morgan fingerprint density at radius 2 is 2.29 bits per heavy atom. The number of hydrogen-bond acceptors (Lipinski definition) is 2. The highest BCUT2D eigenvalue weighted by molar-refractivity contribution is 5.62. The molecule has 14 heavy (non-hydrogen) atoms. The van der Waals surface area contributed by atoms with Crippen LogP contribution < -0.4 is 10.6 Å². The molecule has 2 N–H and O–H groups in total. The minimum absolute atomic E-state index is 0.533. The number of nitrogens with zero attached hydrogens (tertiary/aromatic N) is 1. The van der Waals surface area contributed by atoms with Crippen molar-refractivity contribution in [3.05, 3.63) is 29.3 Å². The number of nitrogens with two attached hydrogens (primary N) is 1. The Balaban J connectivity index is 2.47. The van der Waals surface area contributed by atoms with Gasteiger partial charge in [0.15, 0.2) is 0 Å². The zero-order valence-corrected chi connectivity index (χ0v) is 8.96. The van der Waals surface area contributed by atoms with E-state index in [1.54, 1.807) is 0 Å². The van der Waals surface area contributed by atoms with E-state index in [0.717, 1.165) is 19.6 Å².